The number of nitrogens with zero attached hydrogens (tertiary/aromatic N) is 4. The molecule has 0 radical (unpaired) electrons. The van der Waals surface area contributed by atoms with Gasteiger partial charge in [0.2, 0.25) is 0 Å². The number of benzene rings is 1. The Balaban J connectivity index is 1.61. The molecule has 1 saturated heterocycles. The highest BCUT2D eigenvalue weighted by molar-refractivity contribution is 5.23. The molecule has 2 aromatic rings. The minimum absolute atomic E-state index is 0.171. The van der Waals surface area contributed by atoms with E-state index < -0.39 is 11.6 Å². The second-order valence-corrected chi connectivity index (χ2v) is 6.08. The van der Waals surface area contributed by atoms with Gasteiger partial charge in [-0.1, -0.05) is 6.07 Å². The molecule has 124 valence electrons. The molecule has 1 aromatic heterocycles. The van der Waals surface area contributed by atoms with Crippen molar-refractivity contribution in [1.82, 2.24) is 19.4 Å². The molecule has 23 heavy (non-hydrogen) atoms. The van der Waals surface area contributed by atoms with Gasteiger partial charge in [0.25, 0.3) is 0 Å². The van der Waals surface area contributed by atoms with Crippen molar-refractivity contribution >= 4 is 0 Å². The zero-order chi connectivity index (χ0) is 16.4. The lowest BCUT2D eigenvalue weighted by Gasteiger charge is -2.38. The van der Waals surface area contributed by atoms with Crippen LogP contribution in [0.3, 0.4) is 0 Å². The van der Waals surface area contributed by atoms with Gasteiger partial charge in [0.1, 0.15) is 17.5 Å². The number of hydrogen-bond acceptors (Lipinski definition) is 3. The summed E-state index contributed by atoms with van der Waals surface area (Å²) in [5, 5.41) is 0. The van der Waals surface area contributed by atoms with Gasteiger partial charge in [0.05, 0.1) is 6.54 Å². The van der Waals surface area contributed by atoms with Crippen molar-refractivity contribution in [2.45, 2.75) is 19.5 Å². The second-order valence-electron chi connectivity index (χ2n) is 6.08. The Kier molecular flexibility index (Phi) is 4.73. The second kappa shape index (κ2) is 6.76. The van der Waals surface area contributed by atoms with E-state index in [-0.39, 0.29) is 11.6 Å². The van der Waals surface area contributed by atoms with Gasteiger partial charge < -0.3 is 4.57 Å². The Morgan fingerprint density at radius 3 is 2.35 bits per heavy atom. The Morgan fingerprint density at radius 2 is 1.78 bits per heavy atom. The third-order valence-corrected chi connectivity index (χ3v) is 4.66. The first-order valence-electron chi connectivity index (χ1n) is 7.93. The predicted molar refractivity (Wildman–Crippen MR) is 84.8 cm³/mol. The van der Waals surface area contributed by atoms with Crippen molar-refractivity contribution in [2.75, 3.05) is 26.2 Å². The maximum Gasteiger partial charge on any atom is 0.130 e. The smallest absolute Gasteiger partial charge is 0.130 e. The molecule has 1 aromatic carbocycles. The van der Waals surface area contributed by atoms with Crippen LogP contribution in [0.2, 0.25) is 0 Å². The normalized spacial score (nSPS) is 18.3. The first-order valence-corrected chi connectivity index (χ1v) is 7.93. The van der Waals surface area contributed by atoms with Gasteiger partial charge in [0, 0.05) is 57.2 Å². The molecular formula is C17H22F2N4. The summed E-state index contributed by atoms with van der Waals surface area (Å²) in [7, 11) is 1.99. The van der Waals surface area contributed by atoms with E-state index in [9.17, 15) is 8.78 Å². The quantitative estimate of drug-likeness (QED) is 0.865. The summed E-state index contributed by atoms with van der Waals surface area (Å²) in [6.45, 7) is 5.99. The molecule has 1 atom stereocenters. The Bertz CT molecular complexity index is 642. The summed E-state index contributed by atoms with van der Waals surface area (Å²) in [5.41, 5.74) is 0.171. The first kappa shape index (κ1) is 16.1. The van der Waals surface area contributed by atoms with Gasteiger partial charge in [-0.2, -0.15) is 0 Å². The summed E-state index contributed by atoms with van der Waals surface area (Å²) in [6.07, 6.45) is 3.74. The SMILES string of the molecule is C[C@H](c1c(F)cccc1F)N1CCN(Cc2nccn2C)CC1. The molecular weight excluding hydrogens is 298 g/mol. The fourth-order valence-electron chi connectivity index (χ4n) is 3.15. The number of rotatable bonds is 4. The van der Waals surface area contributed by atoms with E-state index in [0.29, 0.717) is 0 Å². The number of hydrogen-bond donors (Lipinski definition) is 0. The zero-order valence-corrected chi connectivity index (χ0v) is 13.5. The molecule has 1 aliphatic rings. The summed E-state index contributed by atoms with van der Waals surface area (Å²) in [4.78, 5) is 8.80. The Morgan fingerprint density at radius 1 is 1.13 bits per heavy atom. The maximum atomic E-state index is 13.9. The van der Waals surface area contributed by atoms with E-state index in [0.717, 1.165) is 38.5 Å². The van der Waals surface area contributed by atoms with Crippen LogP contribution in [-0.4, -0.2) is 45.5 Å². The molecule has 0 saturated carbocycles. The molecule has 1 aliphatic heterocycles. The van der Waals surface area contributed by atoms with Crippen molar-refractivity contribution < 1.29 is 8.78 Å². The highest BCUT2D eigenvalue weighted by atomic mass is 19.1. The van der Waals surface area contributed by atoms with E-state index >= 15 is 0 Å². The molecule has 0 spiro atoms. The Hall–Kier alpha value is -1.79. The van der Waals surface area contributed by atoms with Crippen LogP contribution in [0.1, 0.15) is 24.4 Å². The van der Waals surface area contributed by atoms with E-state index in [1.54, 1.807) is 6.20 Å². The summed E-state index contributed by atoms with van der Waals surface area (Å²) in [5.74, 6) is 0.104. The van der Waals surface area contributed by atoms with E-state index in [4.69, 9.17) is 0 Å². The number of aromatic nitrogens is 2. The number of piperazine rings is 1. The predicted octanol–water partition coefficient (Wildman–Crippen LogP) is 2.58. The molecule has 6 heteroatoms. The largest absolute Gasteiger partial charge is 0.337 e. The van der Waals surface area contributed by atoms with E-state index in [2.05, 4.69) is 14.8 Å². The van der Waals surface area contributed by atoms with Gasteiger partial charge in [-0.25, -0.2) is 13.8 Å². The van der Waals surface area contributed by atoms with Crippen molar-refractivity contribution in [1.29, 1.82) is 0 Å². The van der Waals surface area contributed by atoms with Gasteiger partial charge in [0.15, 0.2) is 0 Å². The van der Waals surface area contributed by atoms with Crippen molar-refractivity contribution in [3.8, 4) is 0 Å². The average Bonchev–Trinajstić information content (AvgIpc) is 2.93. The van der Waals surface area contributed by atoms with Crippen LogP contribution in [0.5, 0.6) is 0 Å². The molecule has 2 heterocycles. The maximum absolute atomic E-state index is 13.9. The van der Waals surface area contributed by atoms with Gasteiger partial charge in [-0.15, -0.1) is 0 Å². The lowest BCUT2D eigenvalue weighted by Crippen LogP contribution is -2.47. The highest BCUT2D eigenvalue weighted by Gasteiger charge is 2.26. The molecule has 4 nitrogen and oxygen atoms in total. The van der Waals surface area contributed by atoms with Crippen molar-refractivity contribution in [3.05, 3.63) is 53.6 Å². The number of halogens is 2. The first-order chi connectivity index (χ1) is 11.1. The van der Waals surface area contributed by atoms with Crippen LogP contribution in [-0.2, 0) is 13.6 Å². The molecule has 0 bridgehead atoms. The minimum Gasteiger partial charge on any atom is -0.337 e. The summed E-state index contributed by atoms with van der Waals surface area (Å²) >= 11 is 0. The monoisotopic (exact) mass is 320 g/mol. The summed E-state index contributed by atoms with van der Waals surface area (Å²) < 4.78 is 29.9. The fraction of sp³-hybridized carbons (Fsp3) is 0.471. The lowest BCUT2D eigenvalue weighted by molar-refractivity contribution is 0.0930. The molecule has 0 amide bonds. The van der Waals surface area contributed by atoms with Gasteiger partial charge >= 0.3 is 0 Å². The highest BCUT2D eigenvalue weighted by Crippen LogP contribution is 2.26. The van der Waals surface area contributed by atoms with Crippen LogP contribution < -0.4 is 0 Å². The molecule has 0 unspecified atom stereocenters. The summed E-state index contributed by atoms with van der Waals surface area (Å²) in [6, 6.07) is 3.80. The van der Waals surface area contributed by atoms with Gasteiger partial charge in [-0.05, 0) is 19.1 Å². The Labute approximate surface area is 135 Å². The molecule has 0 N–H and O–H groups in total. The van der Waals surface area contributed by atoms with Crippen LogP contribution in [0, 0.1) is 11.6 Å². The standard InChI is InChI=1S/C17H22F2N4/c1-13(17-14(18)4-3-5-15(17)19)23-10-8-22(9-11-23)12-16-20-6-7-21(16)2/h3-7,13H,8-12H2,1-2H3/t13-/m1/s1. The van der Waals surface area contributed by atoms with Crippen molar-refractivity contribution in [3.63, 3.8) is 0 Å². The van der Waals surface area contributed by atoms with Crippen molar-refractivity contribution in [2.24, 2.45) is 7.05 Å². The minimum atomic E-state index is -0.465. The molecule has 0 aliphatic carbocycles. The fourth-order valence-corrected chi connectivity index (χ4v) is 3.15. The third kappa shape index (κ3) is 3.43. The zero-order valence-electron chi connectivity index (χ0n) is 13.5. The van der Waals surface area contributed by atoms with Crippen LogP contribution >= 0.6 is 0 Å². The van der Waals surface area contributed by atoms with Crippen LogP contribution in [0.4, 0.5) is 8.78 Å². The van der Waals surface area contributed by atoms with Crippen LogP contribution in [0.15, 0.2) is 30.6 Å². The lowest BCUT2D eigenvalue weighted by atomic mass is 10.0. The van der Waals surface area contributed by atoms with Crippen LogP contribution in [0.25, 0.3) is 0 Å². The van der Waals surface area contributed by atoms with Gasteiger partial charge in [-0.3, -0.25) is 9.80 Å². The molecule has 3 rings (SSSR count). The number of aryl methyl sites for hydroxylation is 1. The van der Waals surface area contributed by atoms with E-state index in [1.165, 1.54) is 18.2 Å². The topological polar surface area (TPSA) is 24.3 Å². The average molecular weight is 320 g/mol. The number of imidazole rings is 1. The molecule has 1 fully saturated rings. The van der Waals surface area contributed by atoms with E-state index in [1.807, 2.05) is 24.7 Å². The third-order valence-electron chi connectivity index (χ3n) is 4.66.